The first-order valence-corrected chi connectivity index (χ1v) is 8.91. The largest absolute Gasteiger partial charge is 0.481 e. The van der Waals surface area contributed by atoms with Crippen molar-refractivity contribution in [3.05, 3.63) is 17.6 Å². The lowest BCUT2D eigenvalue weighted by molar-refractivity contribution is -0.142. The minimum Gasteiger partial charge on any atom is -0.481 e. The van der Waals surface area contributed by atoms with Crippen LogP contribution in [0, 0.1) is 12.8 Å². The van der Waals surface area contributed by atoms with Crippen LogP contribution >= 0.6 is 0 Å². The van der Waals surface area contributed by atoms with Gasteiger partial charge in [-0.1, -0.05) is 19.3 Å². The van der Waals surface area contributed by atoms with Gasteiger partial charge in [-0.2, -0.15) is 0 Å². The number of amides is 1. The van der Waals surface area contributed by atoms with Crippen LogP contribution in [-0.2, 0) is 14.8 Å². The average Bonchev–Trinajstić information content (AvgIpc) is 2.69. The first-order valence-electron chi connectivity index (χ1n) is 7.37. The number of hydrogen-bond acceptors (Lipinski definition) is 5. The second-order valence-electron chi connectivity index (χ2n) is 5.74. The number of aliphatic carboxylic acids is 1. The molecule has 0 aromatic carbocycles. The molecule has 0 saturated heterocycles. The van der Waals surface area contributed by atoms with Gasteiger partial charge in [-0.15, -0.1) is 0 Å². The number of aryl methyl sites for hydroxylation is 1. The molecule has 1 fully saturated rings. The molecule has 1 aliphatic carbocycles. The molecule has 2 rings (SSSR count). The predicted octanol–water partition coefficient (Wildman–Crippen LogP) is 0.999. The number of nitrogens with two attached hydrogens (primary N) is 1. The lowest BCUT2D eigenvalue weighted by atomic mass is 9.95. The molecule has 1 aromatic heterocycles. The molecule has 0 aliphatic heterocycles. The van der Waals surface area contributed by atoms with Gasteiger partial charge in [-0.25, -0.2) is 13.6 Å². The maximum absolute atomic E-state index is 12.3. The van der Waals surface area contributed by atoms with Crippen molar-refractivity contribution < 1.29 is 27.5 Å². The third-order valence-corrected chi connectivity index (χ3v) is 5.07. The SMILES string of the molecule is Cc1oc(C(=O)N[C@H]2CCCCC[C@H]2C(=O)O)cc1S(N)(=O)=O. The molecule has 4 N–H and O–H groups in total. The van der Waals surface area contributed by atoms with E-state index in [0.717, 1.165) is 25.3 Å². The van der Waals surface area contributed by atoms with E-state index in [2.05, 4.69) is 5.32 Å². The molecule has 1 aliphatic rings. The fraction of sp³-hybridized carbons (Fsp3) is 0.571. The summed E-state index contributed by atoms with van der Waals surface area (Å²) in [5, 5.41) is 17.0. The van der Waals surface area contributed by atoms with Gasteiger partial charge in [0.15, 0.2) is 5.76 Å². The number of sulfonamides is 1. The molecule has 0 bridgehead atoms. The van der Waals surface area contributed by atoms with Gasteiger partial charge in [0.05, 0.1) is 5.92 Å². The smallest absolute Gasteiger partial charge is 0.308 e. The summed E-state index contributed by atoms with van der Waals surface area (Å²) in [5.74, 6) is -2.41. The summed E-state index contributed by atoms with van der Waals surface area (Å²) < 4.78 is 27.9. The Kier molecular flexibility index (Phi) is 5.10. The van der Waals surface area contributed by atoms with Crippen molar-refractivity contribution in [3.8, 4) is 0 Å². The van der Waals surface area contributed by atoms with E-state index in [0.29, 0.717) is 12.8 Å². The number of nitrogens with one attached hydrogen (secondary N) is 1. The summed E-state index contributed by atoms with van der Waals surface area (Å²) in [6.45, 7) is 1.39. The van der Waals surface area contributed by atoms with E-state index in [1.165, 1.54) is 6.92 Å². The highest BCUT2D eigenvalue weighted by molar-refractivity contribution is 7.89. The Hall–Kier alpha value is -1.87. The van der Waals surface area contributed by atoms with Crippen LogP contribution in [0.25, 0.3) is 0 Å². The average molecular weight is 344 g/mol. The van der Waals surface area contributed by atoms with Gasteiger partial charge in [0.25, 0.3) is 5.91 Å². The van der Waals surface area contributed by atoms with E-state index in [1.54, 1.807) is 0 Å². The van der Waals surface area contributed by atoms with Crippen LogP contribution in [0.1, 0.15) is 48.4 Å². The monoisotopic (exact) mass is 344 g/mol. The van der Waals surface area contributed by atoms with Gasteiger partial charge in [0.1, 0.15) is 10.7 Å². The number of furan rings is 1. The number of hydrogen-bond donors (Lipinski definition) is 3. The molecule has 1 saturated carbocycles. The van der Waals surface area contributed by atoms with Crippen molar-refractivity contribution in [1.82, 2.24) is 5.32 Å². The Bertz CT molecular complexity index is 709. The molecule has 2 atom stereocenters. The molecule has 23 heavy (non-hydrogen) atoms. The molecule has 1 heterocycles. The summed E-state index contributed by atoms with van der Waals surface area (Å²) in [7, 11) is -3.98. The topological polar surface area (TPSA) is 140 Å². The first-order chi connectivity index (χ1) is 10.7. The number of carboxylic acids is 1. The molecular weight excluding hydrogens is 324 g/mol. The zero-order chi connectivity index (χ0) is 17.2. The van der Waals surface area contributed by atoms with Crippen molar-refractivity contribution in [3.63, 3.8) is 0 Å². The van der Waals surface area contributed by atoms with Gasteiger partial charge in [0, 0.05) is 12.1 Å². The second-order valence-corrected chi connectivity index (χ2v) is 7.27. The van der Waals surface area contributed by atoms with E-state index in [1.807, 2.05) is 0 Å². The Morgan fingerprint density at radius 2 is 1.96 bits per heavy atom. The summed E-state index contributed by atoms with van der Waals surface area (Å²) in [4.78, 5) is 23.4. The Labute approximate surface area is 134 Å². The number of rotatable bonds is 4. The Morgan fingerprint density at radius 1 is 1.30 bits per heavy atom. The third kappa shape index (κ3) is 4.11. The number of carboxylic acid groups (broad SMARTS) is 1. The van der Waals surface area contributed by atoms with Gasteiger partial charge >= 0.3 is 5.97 Å². The quantitative estimate of drug-likeness (QED) is 0.696. The number of carbonyl (C=O) groups is 2. The normalized spacial score (nSPS) is 22.3. The van der Waals surface area contributed by atoms with E-state index >= 15 is 0 Å². The van der Waals surface area contributed by atoms with Crippen LogP contribution in [0.4, 0.5) is 0 Å². The highest BCUT2D eigenvalue weighted by Gasteiger charge is 2.32. The molecular formula is C14H20N2O6S. The highest BCUT2D eigenvalue weighted by atomic mass is 32.2. The lowest BCUT2D eigenvalue weighted by Crippen LogP contribution is -2.42. The molecule has 0 radical (unpaired) electrons. The zero-order valence-corrected chi connectivity index (χ0v) is 13.6. The fourth-order valence-electron chi connectivity index (χ4n) is 2.88. The van der Waals surface area contributed by atoms with Crippen LogP contribution in [0.2, 0.25) is 0 Å². The third-order valence-electron chi connectivity index (χ3n) is 4.05. The van der Waals surface area contributed by atoms with E-state index in [-0.39, 0.29) is 16.4 Å². The van der Waals surface area contributed by atoms with Crippen molar-refractivity contribution in [1.29, 1.82) is 0 Å². The van der Waals surface area contributed by atoms with Crippen LogP contribution in [0.3, 0.4) is 0 Å². The number of carbonyl (C=O) groups excluding carboxylic acids is 1. The molecule has 9 heteroatoms. The molecule has 1 aromatic rings. The van der Waals surface area contributed by atoms with Crippen molar-refractivity contribution in [2.45, 2.75) is 50.0 Å². The minimum absolute atomic E-state index is 0.0216. The lowest BCUT2D eigenvalue weighted by Gasteiger charge is -2.22. The molecule has 0 spiro atoms. The number of primary sulfonamides is 1. The fourth-order valence-corrected chi connectivity index (χ4v) is 3.59. The Morgan fingerprint density at radius 3 is 2.52 bits per heavy atom. The maximum Gasteiger partial charge on any atom is 0.308 e. The van der Waals surface area contributed by atoms with Crippen LogP contribution in [-0.4, -0.2) is 31.4 Å². The van der Waals surface area contributed by atoms with E-state index in [4.69, 9.17) is 9.56 Å². The predicted molar refractivity (Wildman–Crippen MR) is 80.3 cm³/mol. The molecule has 0 unspecified atom stereocenters. The van der Waals surface area contributed by atoms with Gasteiger partial charge < -0.3 is 14.8 Å². The summed E-state index contributed by atoms with van der Waals surface area (Å²) in [6.07, 6.45) is 3.61. The Balaban J connectivity index is 2.19. The minimum atomic E-state index is -3.98. The van der Waals surface area contributed by atoms with Crippen molar-refractivity contribution >= 4 is 21.9 Å². The van der Waals surface area contributed by atoms with Gasteiger partial charge in [0.2, 0.25) is 10.0 Å². The van der Waals surface area contributed by atoms with Gasteiger partial charge in [-0.3, -0.25) is 9.59 Å². The first kappa shape index (κ1) is 17.5. The summed E-state index contributed by atoms with van der Waals surface area (Å²) in [6, 6.07) is 0.553. The van der Waals surface area contributed by atoms with Gasteiger partial charge in [-0.05, 0) is 19.8 Å². The summed E-state index contributed by atoms with van der Waals surface area (Å²) >= 11 is 0. The molecule has 1 amide bonds. The zero-order valence-electron chi connectivity index (χ0n) is 12.7. The van der Waals surface area contributed by atoms with E-state index < -0.39 is 33.9 Å². The van der Waals surface area contributed by atoms with Crippen molar-refractivity contribution in [2.24, 2.45) is 11.1 Å². The molecule has 8 nitrogen and oxygen atoms in total. The standard InChI is InChI=1S/C14H20N2O6S/c1-8-12(23(15,20)21)7-11(22-8)13(17)16-10-6-4-2-3-5-9(10)14(18)19/h7,9-10H,2-6H2,1H3,(H,16,17)(H,18,19)(H2,15,20,21)/t9-,10+/m1/s1. The maximum atomic E-state index is 12.3. The summed E-state index contributed by atoms with van der Waals surface area (Å²) in [5.41, 5.74) is 0. The van der Waals surface area contributed by atoms with Crippen LogP contribution < -0.4 is 10.5 Å². The molecule has 128 valence electrons. The highest BCUT2D eigenvalue weighted by Crippen LogP contribution is 2.25. The van der Waals surface area contributed by atoms with Crippen LogP contribution in [0.5, 0.6) is 0 Å². The van der Waals surface area contributed by atoms with E-state index in [9.17, 15) is 23.1 Å². The second kappa shape index (κ2) is 6.71. The van der Waals surface area contributed by atoms with Crippen LogP contribution in [0.15, 0.2) is 15.4 Å². The van der Waals surface area contributed by atoms with Crippen molar-refractivity contribution in [2.75, 3.05) is 0 Å².